The van der Waals surface area contributed by atoms with Crippen molar-refractivity contribution in [1.29, 1.82) is 0 Å². The average molecular weight is 266 g/mol. The van der Waals surface area contributed by atoms with E-state index in [4.69, 9.17) is 0 Å². The van der Waals surface area contributed by atoms with Crippen molar-refractivity contribution in [1.82, 2.24) is 0 Å². The van der Waals surface area contributed by atoms with Crippen molar-refractivity contribution in [2.45, 2.75) is 13.3 Å². The molecule has 1 aliphatic rings. The van der Waals surface area contributed by atoms with Gasteiger partial charge in [0.2, 0.25) is 5.91 Å². The Morgan fingerprint density at radius 3 is 2.80 bits per heavy atom. The summed E-state index contributed by atoms with van der Waals surface area (Å²) in [6, 6.07) is 16.1. The molecule has 0 atom stereocenters. The molecule has 0 saturated heterocycles. The van der Waals surface area contributed by atoms with Crippen LogP contribution in [0.1, 0.15) is 11.1 Å². The quantitative estimate of drug-likeness (QED) is 0.860. The molecule has 3 nitrogen and oxygen atoms in total. The molecule has 2 aromatic rings. The third-order valence-electron chi connectivity index (χ3n) is 3.62. The van der Waals surface area contributed by atoms with E-state index in [1.165, 1.54) is 5.56 Å². The number of benzene rings is 2. The van der Waals surface area contributed by atoms with Crippen molar-refractivity contribution in [3.05, 3.63) is 59.7 Å². The number of para-hydroxylation sites is 1. The molecule has 0 spiro atoms. The zero-order chi connectivity index (χ0) is 13.9. The molecule has 0 unspecified atom stereocenters. The Balaban J connectivity index is 1.91. The second kappa shape index (κ2) is 5.37. The van der Waals surface area contributed by atoms with Crippen LogP contribution < -0.4 is 10.2 Å². The van der Waals surface area contributed by atoms with Crippen LogP contribution in [0.5, 0.6) is 0 Å². The first kappa shape index (κ1) is 12.7. The van der Waals surface area contributed by atoms with E-state index in [0.29, 0.717) is 13.0 Å². The van der Waals surface area contributed by atoms with E-state index < -0.39 is 0 Å². The van der Waals surface area contributed by atoms with E-state index in [1.807, 2.05) is 54.3 Å². The SMILES string of the molecule is Cc1cccc(N2CCNc3ccccc3CC2=O)c1. The largest absolute Gasteiger partial charge is 0.383 e. The second-order valence-electron chi connectivity index (χ2n) is 5.15. The summed E-state index contributed by atoms with van der Waals surface area (Å²) in [5.74, 6) is 0.157. The third-order valence-corrected chi connectivity index (χ3v) is 3.62. The molecule has 1 N–H and O–H groups in total. The number of carbonyl (C=O) groups excluding carboxylic acids is 1. The van der Waals surface area contributed by atoms with Gasteiger partial charge in [0.05, 0.1) is 6.42 Å². The Morgan fingerprint density at radius 2 is 1.95 bits per heavy atom. The minimum Gasteiger partial charge on any atom is -0.383 e. The lowest BCUT2D eigenvalue weighted by Crippen LogP contribution is -2.38. The fourth-order valence-corrected chi connectivity index (χ4v) is 2.60. The molecule has 102 valence electrons. The molecule has 1 amide bonds. The molecule has 0 saturated carbocycles. The van der Waals surface area contributed by atoms with Gasteiger partial charge in [-0.1, -0.05) is 30.3 Å². The zero-order valence-electron chi connectivity index (χ0n) is 11.6. The Hall–Kier alpha value is -2.29. The topological polar surface area (TPSA) is 32.3 Å². The fourth-order valence-electron chi connectivity index (χ4n) is 2.60. The molecular weight excluding hydrogens is 248 g/mol. The van der Waals surface area contributed by atoms with E-state index in [0.717, 1.165) is 23.5 Å². The van der Waals surface area contributed by atoms with Gasteiger partial charge in [-0.2, -0.15) is 0 Å². The van der Waals surface area contributed by atoms with E-state index in [9.17, 15) is 4.79 Å². The minimum atomic E-state index is 0.157. The van der Waals surface area contributed by atoms with Crippen molar-refractivity contribution in [3.63, 3.8) is 0 Å². The number of amides is 1. The summed E-state index contributed by atoms with van der Waals surface area (Å²) in [4.78, 5) is 14.4. The highest BCUT2D eigenvalue weighted by Crippen LogP contribution is 2.22. The van der Waals surface area contributed by atoms with Crippen LogP contribution in [0.25, 0.3) is 0 Å². The maximum absolute atomic E-state index is 12.5. The number of anilines is 2. The maximum atomic E-state index is 12.5. The second-order valence-corrected chi connectivity index (χ2v) is 5.15. The van der Waals surface area contributed by atoms with Crippen molar-refractivity contribution >= 4 is 17.3 Å². The lowest BCUT2D eigenvalue weighted by molar-refractivity contribution is -0.118. The first-order valence-electron chi connectivity index (χ1n) is 6.93. The molecule has 0 radical (unpaired) electrons. The highest BCUT2D eigenvalue weighted by molar-refractivity contribution is 5.96. The fraction of sp³-hybridized carbons (Fsp3) is 0.235. The van der Waals surface area contributed by atoms with Crippen LogP contribution >= 0.6 is 0 Å². The summed E-state index contributed by atoms with van der Waals surface area (Å²) < 4.78 is 0. The molecule has 3 heteroatoms. The lowest BCUT2D eigenvalue weighted by Gasteiger charge is -2.27. The van der Waals surface area contributed by atoms with Gasteiger partial charge in [-0.25, -0.2) is 0 Å². The van der Waals surface area contributed by atoms with Gasteiger partial charge in [0.1, 0.15) is 0 Å². The maximum Gasteiger partial charge on any atom is 0.231 e. The summed E-state index contributed by atoms with van der Waals surface area (Å²) in [7, 11) is 0. The van der Waals surface area contributed by atoms with Crippen LogP contribution in [0.3, 0.4) is 0 Å². The molecule has 0 fully saturated rings. The van der Waals surface area contributed by atoms with E-state index in [2.05, 4.69) is 11.4 Å². The average Bonchev–Trinajstić information content (AvgIpc) is 2.43. The van der Waals surface area contributed by atoms with Crippen molar-refractivity contribution in [2.24, 2.45) is 0 Å². The van der Waals surface area contributed by atoms with Crippen LogP contribution in [0.15, 0.2) is 48.5 Å². The smallest absolute Gasteiger partial charge is 0.231 e. The number of hydrogen-bond donors (Lipinski definition) is 1. The van der Waals surface area contributed by atoms with Gasteiger partial charge in [0.15, 0.2) is 0 Å². The number of nitrogens with zero attached hydrogens (tertiary/aromatic N) is 1. The van der Waals surface area contributed by atoms with Gasteiger partial charge in [0.25, 0.3) is 0 Å². The zero-order valence-corrected chi connectivity index (χ0v) is 11.6. The molecule has 0 aromatic heterocycles. The van der Waals surface area contributed by atoms with Crippen molar-refractivity contribution in [3.8, 4) is 0 Å². The molecule has 20 heavy (non-hydrogen) atoms. The van der Waals surface area contributed by atoms with Gasteiger partial charge < -0.3 is 10.2 Å². The summed E-state index contributed by atoms with van der Waals surface area (Å²) >= 11 is 0. The van der Waals surface area contributed by atoms with Crippen LogP contribution in [-0.4, -0.2) is 19.0 Å². The molecule has 1 aliphatic heterocycles. The number of aryl methyl sites for hydroxylation is 1. The Morgan fingerprint density at radius 1 is 1.10 bits per heavy atom. The third kappa shape index (κ3) is 2.52. The summed E-state index contributed by atoms with van der Waals surface area (Å²) in [6.45, 7) is 3.50. The molecule has 3 rings (SSSR count). The Bertz CT molecular complexity index is 636. The van der Waals surface area contributed by atoms with Crippen molar-refractivity contribution in [2.75, 3.05) is 23.3 Å². The molecule has 0 bridgehead atoms. The Kier molecular flexibility index (Phi) is 3.42. The van der Waals surface area contributed by atoms with Crippen LogP contribution in [0, 0.1) is 6.92 Å². The minimum absolute atomic E-state index is 0.157. The number of rotatable bonds is 1. The molecule has 1 heterocycles. The van der Waals surface area contributed by atoms with Crippen LogP contribution in [0.2, 0.25) is 0 Å². The number of fused-ring (bicyclic) bond motifs is 1. The summed E-state index contributed by atoms with van der Waals surface area (Å²) in [5.41, 5.74) is 4.29. The van der Waals surface area contributed by atoms with Gasteiger partial charge in [0, 0.05) is 24.5 Å². The molecular formula is C17H18N2O. The van der Waals surface area contributed by atoms with Gasteiger partial charge in [-0.05, 0) is 36.2 Å². The lowest BCUT2D eigenvalue weighted by atomic mass is 10.1. The van der Waals surface area contributed by atoms with Crippen LogP contribution in [-0.2, 0) is 11.2 Å². The highest BCUT2D eigenvalue weighted by atomic mass is 16.2. The Labute approximate surface area is 119 Å². The summed E-state index contributed by atoms with van der Waals surface area (Å²) in [6.07, 6.45) is 0.442. The highest BCUT2D eigenvalue weighted by Gasteiger charge is 2.19. The van der Waals surface area contributed by atoms with E-state index in [1.54, 1.807) is 0 Å². The first-order valence-corrected chi connectivity index (χ1v) is 6.93. The van der Waals surface area contributed by atoms with Crippen molar-refractivity contribution < 1.29 is 4.79 Å². The predicted octanol–water partition coefficient (Wildman–Crippen LogP) is 3.00. The van der Waals surface area contributed by atoms with E-state index in [-0.39, 0.29) is 5.91 Å². The molecule has 0 aliphatic carbocycles. The van der Waals surface area contributed by atoms with Gasteiger partial charge >= 0.3 is 0 Å². The normalized spacial score (nSPS) is 15.1. The van der Waals surface area contributed by atoms with E-state index >= 15 is 0 Å². The number of hydrogen-bond acceptors (Lipinski definition) is 2. The molecule has 2 aromatic carbocycles. The van der Waals surface area contributed by atoms with Crippen LogP contribution in [0.4, 0.5) is 11.4 Å². The first-order chi connectivity index (χ1) is 9.74. The predicted molar refractivity (Wildman–Crippen MR) is 82.2 cm³/mol. The standard InChI is InChI=1S/C17H18N2O/c1-13-5-4-7-15(11-13)19-10-9-18-16-8-3-2-6-14(16)12-17(19)20/h2-8,11,18H,9-10,12H2,1H3. The van der Waals surface area contributed by atoms with Gasteiger partial charge in [-0.3, -0.25) is 4.79 Å². The number of nitrogens with one attached hydrogen (secondary N) is 1. The number of carbonyl (C=O) groups is 1. The summed E-state index contributed by atoms with van der Waals surface area (Å²) in [5, 5.41) is 3.41. The monoisotopic (exact) mass is 266 g/mol. The van der Waals surface area contributed by atoms with Gasteiger partial charge in [-0.15, -0.1) is 0 Å².